The third-order valence-corrected chi connectivity index (χ3v) is 8.15. The summed E-state index contributed by atoms with van der Waals surface area (Å²) in [6, 6.07) is 21.2. The predicted molar refractivity (Wildman–Crippen MR) is 143 cm³/mol. The number of fused-ring (bicyclic) bond motifs is 1. The van der Waals surface area contributed by atoms with Crippen LogP contribution in [0.25, 0.3) is 10.8 Å². The van der Waals surface area contributed by atoms with Gasteiger partial charge in [-0.3, -0.25) is 13.8 Å². The second kappa shape index (κ2) is 10.6. The highest BCUT2D eigenvalue weighted by atomic mass is 32.2. The molecule has 0 aliphatic rings. The SMILES string of the molecule is CS(=O)(=O)N(CC(=O)Nc1ccc(S(=O)(=O)Nc2cccc3ccccc23)cc1)c1cccc(C(F)(F)F)c1. The first-order valence-electron chi connectivity index (χ1n) is 11.3. The molecule has 4 rings (SSSR count). The number of benzene rings is 4. The van der Waals surface area contributed by atoms with Crippen LogP contribution >= 0.6 is 0 Å². The highest BCUT2D eigenvalue weighted by Gasteiger charge is 2.32. The molecule has 0 spiro atoms. The number of alkyl halides is 3. The highest BCUT2D eigenvalue weighted by Crippen LogP contribution is 2.32. The summed E-state index contributed by atoms with van der Waals surface area (Å²) in [4.78, 5) is 12.5. The Hall–Kier alpha value is -4.10. The van der Waals surface area contributed by atoms with Gasteiger partial charge in [0.25, 0.3) is 10.0 Å². The molecule has 0 bridgehead atoms. The number of nitrogens with one attached hydrogen (secondary N) is 2. The van der Waals surface area contributed by atoms with E-state index in [-0.39, 0.29) is 16.3 Å². The second-order valence-electron chi connectivity index (χ2n) is 8.52. The van der Waals surface area contributed by atoms with Crippen molar-refractivity contribution in [1.29, 1.82) is 0 Å². The van der Waals surface area contributed by atoms with E-state index in [0.717, 1.165) is 29.8 Å². The lowest BCUT2D eigenvalue weighted by atomic mass is 10.1. The lowest BCUT2D eigenvalue weighted by molar-refractivity contribution is -0.137. The Morgan fingerprint density at radius 1 is 0.846 bits per heavy atom. The Balaban J connectivity index is 1.49. The summed E-state index contributed by atoms with van der Waals surface area (Å²) in [7, 11) is -8.10. The molecule has 204 valence electrons. The van der Waals surface area contributed by atoms with Crippen molar-refractivity contribution in [2.45, 2.75) is 11.1 Å². The van der Waals surface area contributed by atoms with Crippen LogP contribution in [0.15, 0.2) is 95.9 Å². The molecular formula is C26H22F3N3O5S2. The normalized spacial score (nSPS) is 12.2. The molecule has 0 unspecified atom stereocenters. The molecule has 0 fully saturated rings. The lowest BCUT2D eigenvalue weighted by Gasteiger charge is -2.23. The van der Waals surface area contributed by atoms with Crippen LogP contribution in [0.5, 0.6) is 0 Å². The number of carbonyl (C=O) groups excluding carboxylic acids is 1. The predicted octanol–water partition coefficient (Wildman–Crippen LogP) is 5.06. The van der Waals surface area contributed by atoms with Crippen molar-refractivity contribution in [3.63, 3.8) is 0 Å². The molecule has 4 aromatic rings. The Morgan fingerprint density at radius 2 is 1.49 bits per heavy atom. The van der Waals surface area contributed by atoms with Crippen LogP contribution in [0.4, 0.5) is 30.2 Å². The Morgan fingerprint density at radius 3 is 2.15 bits per heavy atom. The van der Waals surface area contributed by atoms with E-state index in [1.807, 2.05) is 18.2 Å². The van der Waals surface area contributed by atoms with Crippen LogP contribution in [0.1, 0.15) is 5.56 Å². The molecule has 0 saturated heterocycles. The first kappa shape index (κ1) is 27.9. The largest absolute Gasteiger partial charge is 0.416 e. The molecule has 2 N–H and O–H groups in total. The summed E-state index contributed by atoms with van der Waals surface area (Å²) in [5.74, 6) is -0.845. The van der Waals surface area contributed by atoms with Crippen LogP contribution in [-0.4, -0.2) is 35.5 Å². The fourth-order valence-corrected chi connectivity index (χ4v) is 5.73. The van der Waals surface area contributed by atoms with Crippen molar-refractivity contribution in [2.24, 2.45) is 0 Å². The first-order valence-corrected chi connectivity index (χ1v) is 14.6. The van der Waals surface area contributed by atoms with E-state index < -0.39 is 44.2 Å². The Bertz CT molecular complexity index is 1740. The average molecular weight is 578 g/mol. The summed E-state index contributed by atoms with van der Waals surface area (Å²) in [6.07, 6.45) is -3.94. The molecule has 0 aromatic heterocycles. The number of carbonyl (C=O) groups is 1. The fourth-order valence-electron chi connectivity index (χ4n) is 3.80. The molecule has 0 saturated carbocycles. The summed E-state index contributed by atoms with van der Waals surface area (Å²) in [5.41, 5.74) is -0.853. The molecule has 0 atom stereocenters. The van der Waals surface area contributed by atoms with Crippen molar-refractivity contribution >= 4 is 53.8 Å². The molecule has 0 aliphatic heterocycles. The van der Waals surface area contributed by atoms with Gasteiger partial charge in [-0.15, -0.1) is 0 Å². The fraction of sp³-hybridized carbons (Fsp3) is 0.115. The maximum absolute atomic E-state index is 13.1. The maximum atomic E-state index is 13.1. The molecule has 0 radical (unpaired) electrons. The van der Waals surface area contributed by atoms with Gasteiger partial charge in [-0.1, -0.05) is 42.5 Å². The first-order chi connectivity index (χ1) is 18.2. The van der Waals surface area contributed by atoms with Gasteiger partial charge in [0.15, 0.2) is 0 Å². The second-order valence-corrected chi connectivity index (χ2v) is 12.1. The number of sulfonamides is 2. The van der Waals surface area contributed by atoms with E-state index in [2.05, 4.69) is 10.0 Å². The van der Waals surface area contributed by atoms with Gasteiger partial charge in [0.2, 0.25) is 15.9 Å². The molecule has 39 heavy (non-hydrogen) atoms. The molecule has 13 heteroatoms. The number of rotatable bonds is 8. The van der Waals surface area contributed by atoms with Crippen LogP contribution in [0, 0.1) is 0 Å². The number of anilines is 3. The Kier molecular flexibility index (Phi) is 7.57. The van der Waals surface area contributed by atoms with E-state index in [1.165, 1.54) is 24.3 Å². The van der Waals surface area contributed by atoms with Crippen molar-refractivity contribution in [3.8, 4) is 0 Å². The van der Waals surface area contributed by atoms with E-state index >= 15 is 0 Å². The van der Waals surface area contributed by atoms with Crippen molar-refractivity contribution < 1.29 is 34.8 Å². The average Bonchev–Trinajstić information content (AvgIpc) is 2.86. The molecule has 0 aliphatic carbocycles. The smallest absolute Gasteiger partial charge is 0.325 e. The summed E-state index contributed by atoms with van der Waals surface area (Å²) in [5, 5.41) is 3.99. The van der Waals surface area contributed by atoms with Crippen LogP contribution < -0.4 is 14.3 Å². The summed E-state index contributed by atoms with van der Waals surface area (Å²) < 4.78 is 92.8. The van der Waals surface area contributed by atoms with Gasteiger partial charge in [0.1, 0.15) is 6.54 Å². The zero-order valence-corrected chi connectivity index (χ0v) is 21.9. The Labute approximate surface area is 223 Å². The number of nitrogens with zero attached hydrogens (tertiary/aromatic N) is 1. The van der Waals surface area contributed by atoms with E-state index in [9.17, 15) is 34.8 Å². The third-order valence-electron chi connectivity index (χ3n) is 5.63. The minimum absolute atomic E-state index is 0.0878. The van der Waals surface area contributed by atoms with Gasteiger partial charge < -0.3 is 5.32 Å². The number of amides is 1. The maximum Gasteiger partial charge on any atom is 0.416 e. The van der Waals surface area contributed by atoms with Gasteiger partial charge in [0, 0.05) is 11.1 Å². The van der Waals surface area contributed by atoms with Gasteiger partial charge >= 0.3 is 6.18 Å². The standard InChI is InChI=1S/C26H22F3N3O5S2/c1-38(34,35)32(21-9-5-8-19(16-21)26(27,28)29)17-25(33)30-20-12-14-22(15-13-20)39(36,37)31-24-11-4-7-18-6-2-3-10-23(18)24/h2-16,31H,17H2,1H3,(H,30,33). The van der Waals surface area contributed by atoms with Crippen molar-refractivity contribution in [1.82, 2.24) is 0 Å². The highest BCUT2D eigenvalue weighted by molar-refractivity contribution is 7.92. The summed E-state index contributed by atoms with van der Waals surface area (Å²) >= 11 is 0. The van der Waals surface area contributed by atoms with E-state index in [0.29, 0.717) is 21.4 Å². The molecule has 4 aromatic carbocycles. The summed E-state index contributed by atoms with van der Waals surface area (Å²) in [6.45, 7) is -0.803. The monoisotopic (exact) mass is 577 g/mol. The van der Waals surface area contributed by atoms with Gasteiger partial charge in [-0.2, -0.15) is 13.2 Å². The quantitative estimate of drug-likeness (QED) is 0.304. The molecule has 0 heterocycles. The van der Waals surface area contributed by atoms with Crippen molar-refractivity contribution in [2.75, 3.05) is 27.1 Å². The molecule has 1 amide bonds. The number of hydrogen-bond donors (Lipinski definition) is 2. The van der Waals surface area contributed by atoms with Crippen molar-refractivity contribution in [3.05, 3.63) is 96.6 Å². The number of hydrogen-bond acceptors (Lipinski definition) is 5. The van der Waals surface area contributed by atoms with E-state index in [1.54, 1.807) is 24.3 Å². The minimum atomic E-state index is -4.70. The topological polar surface area (TPSA) is 113 Å². The zero-order chi connectivity index (χ0) is 28.4. The van der Waals surface area contributed by atoms with Crippen LogP contribution in [0.3, 0.4) is 0 Å². The van der Waals surface area contributed by atoms with Gasteiger partial charge in [-0.05, 0) is 53.9 Å². The molecule has 8 nitrogen and oxygen atoms in total. The third kappa shape index (κ3) is 6.67. The zero-order valence-electron chi connectivity index (χ0n) is 20.3. The molecular weight excluding hydrogens is 555 g/mol. The number of halogens is 3. The van der Waals surface area contributed by atoms with Crippen LogP contribution in [0.2, 0.25) is 0 Å². The lowest BCUT2D eigenvalue weighted by Crippen LogP contribution is -2.37. The minimum Gasteiger partial charge on any atom is -0.325 e. The van der Waals surface area contributed by atoms with Gasteiger partial charge in [0.05, 0.1) is 28.1 Å². The van der Waals surface area contributed by atoms with Gasteiger partial charge in [-0.25, -0.2) is 16.8 Å². The van der Waals surface area contributed by atoms with E-state index in [4.69, 9.17) is 0 Å². The van der Waals surface area contributed by atoms with Crippen LogP contribution in [-0.2, 0) is 31.0 Å².